The molecule has 0 radical (unpaired) electrons. The molecule has 5 nitrogen and oxygen atoms in total. The third-order valence-corrected chi connectivity index (χ3v) is 3.12. The van der Waals surface area contributed by atoms with Crippen molar-refractivity contribution in [1.82, 2.24) is 9.88 Å². The van der Waals surface area contributed by atoms with Crippen molar-refractivity contribution in [2.45, 2.75) is 33.2 Å². The van der Waals surface area contributed by atoms with Gasteiger partial charge >= 0.3 is 5.97 Å². The minimum absolute atomic E-state index is 0.245. The van der Waals surface area contributed by atoms with Gasteiger partial charge in [-0.2, -0.15) is 0 Å². The molecule has 0 saturated carbocycles. The first-order valence-corrected chi connectivity index (χ1v) is 6.27. The number of hydrogen-bond donors (Lipinski definition) is 1. The number of carbonyl (C=O) groups is 2. The number of hydrogen-bond acceptors (Lipinski definition) is 4. The molecule has 1 unspecified atom stereocenters. The van der Waals surface area contributed by atoms with E-state index in [1.807, 2.05) is 13.8 Å². The molecule has 0 spiro atoms. The molecule has 0 saturated heterocycles. The number of rotatable bonds is 5. The number of aromatic nitrogens is 1. The first kappa shape index (κ1) is 13.6. The van der Waals surface area contributed by atoms with Crippen molar-refractivity contribution < 1.29 is 14.7 Å². The summed E-state index contributed by atoms with van der Waals surface area (Å²) in [6.45, 7) is 5.51. The summed E-state index contributed by atoms with van der Waals surface area (Å²) in [6.07, 6.45) is 0.715. The van der Waals surface area contributed by atoms with E-state index in [2.05, 4.69) is 4.98 Å². The zero-order valence-corrected chi connectivity index (χ0v) is 11.0. The highest BCUT2D eigenvalue weighted by Crippen LogP contribution is 2.23. The van der Waals surface area contributed by atoms with Crippen LogP contribution in [0.4, 0.5) is 0 Å². The van der Waals surface area contributed by atoms with Crippen LogP contribution in [-0.2, 0) is 9.59 Å². The van der Waals surface area contributed by atoms with Gasteiger partial charge in [-0.3, -0.25) is 4.79 Å². The Morgan fingerprint density at radius 3 is 2.59 bits per heavy atom. The monoisotopic (exact) mass is 256 g/mol. The lowest BCUT2D eigenvalue weighted by Crippen LogP contribution is -2.38. The van der Waals surface area contributed by atoms with Crippen LogP contribution in [0, 0.1) is 6.92 Å². The minimum Gasteiger partial charge on any atom is -0.479 e. The van der Waals surface area contributed by atoms with E-state index in [0.717, 1.165) is 5.01 Å². The van der Waals surface area contributed by atoms with Crippen molar-refractivity contribution in [2.75, 3.05) is 6.54 Å². The Hall–Kier alpha value is -1.43. The van der Waals surface area contributed by atoms with Gasteiger partial charge in [0.2, 0.25) is 5.91 Å². The molecule has 0 fully saturated rings. The molecule has 1 amide bonds. The third kappa shape index (κ3) is 3.26. The number of carbonyl (C=O) groups excluding carboxylic acids is 1. The molecule has 1 atom stereocenters. The highest BCUT2D eigenvalue weighted by molar-refractivity contribution is 7.09. The fraction of sp³-hybridized carbons (Fsp3) is 0.545. The molecule has 0 aromatic carbocycles. The normalized spacial score (nSPS) is 12.2. The number of aryl methyl sites for hydroxylation is 1. The molecular weight excluding hydrogens is 240 g/mol. The third-order valence-electron chi connectivity index (χ3n) is 2.33. The number of carboxylic acid groups (broad SMARTS) is 1. The van der Waals surface area contributed by atoms with Crippen LogP contribution in [-0.4, -0.2) is 33.4 Å². The number of amides is 1. The molecule has 6 heteroatoms. The van der Waals surface area contributed by atoms with Crippen molar-refractivity contribution in [1.29, 1.82) is 0 Å². The van der Waals surface area contributed by atoms with Crippen molar-refractivity contribution in [2.24, 2.45) is 0 Å². The first-order valence-electron chi connectivity index (χ1n) is 5.39. The fourth-order valence-electron chi connectivity index (χ4n) is 1.63. The summed E-state index contributed by atoms with van der Waals surface area (Å²) in [4.78, 5) is 28.3. The van der Waals surface area contributed by atoms with Crippen LogP contribution in [0.1, 0.15) is 37.0 Å². The predicted molar refractivity (Wildman–Crippen MR) is 64.9 cm³/mol. The topological polar surface area (TPSA) is 70.5 Å². The maximum absolute atomic E-state index is 11.5. The Morgan fingerprint density at radius 2 is 2.24 bits per heavy atom. The van der Waals surface area contributed by atoms with E-state index < -0.39 is 12.0 Å². The smallest absolute Gasteiger partial charge is 0.332 e. The molecule has 1 aromatic heterocycles. The van der Waals surface area contributed by atoms with Crippen molar-refractivity contribution in [3.63, 3.8) is 0 Å². The molecule has 0 aliphatic carbocycles. The van der Waals surface area contributed by atoms with E-state index in [1.165, 1.54) is 23.2 Å². The van der Waals surface area contributed by atoms with Crippen LogP contribution in [0.25, 0.3) is 0 Å². The summed E-state index contributed by atoms with van der Waals surface area (Å²) < 4.78 is 0. The van der Waals surface area contributed by atoms with E-state index in [9.17, 15) is 14.7 Å². The van der Waals surface area contributed by atoms with E-state index in [-0.39, 0.29) is 5.91 Å². The Balaban J connectivity index is 3.06. The van der Waals surface area contributed by atoms with E-state index in [4.69, 9.17) is 0 Å². The predicted octanol–water partition coefficient (Wildman–Crippen LogP) is 1.84. The second-order valence-electron chi connectivity index (χ2n) is 3.74. The highest BCUT2D eigenvalue weighted by Gasteiger charge is 2.30. The minimum atomic E-state index is -1.04. The molecule has 0 aliphatic rings. The fourth-order valence-corrected chi connectivity index (χ4v) is 2.27. The Kier molecular flexibility index (Phi) is 4.62. The Bertz CT molecular complexity index is 417. The van der Waals surface area contributed by atoms with Crippen molar-refractivity contribution in [3.8, 4) is 0 Å². The second-order valence-corrected chi connectivity index (χ2v) is 4.81. The van der Waals surface area contributed by atoms with Gasteiger partial charge in [-0.25, -0.2) is 9.78 Å². The zero-order valence-electron chi connectivity index (χ0n) is 10.1. The number of carboxylic acids is 1. The summed E-state index contributed by atoms with van der Waals surface area (Å²) in [5.41, 5.74) is 0.434. The summed E-state index contributed by atoms with van der Waals surface area (Å²) in [5.74, 6) is -1.29. The number of nitrogens with zero attached hydrogens (tertiary/aromatic N) is 2. The van der Waals surface area contributed by atoms with E-state index >= 15 is 0 Å². The Labute approximate surface area is 104 Å². The zero-order chi connectivity index (χ0) is 13.0. The standard InChI is InChI=1S/C11H16N2O3S/c1-4-5-13(8(3)14)10(11(15)16)9-6-17-7(2)12-9/h6,10H,4-5H2,1-3H3,(H,15,16). The molecule has 94 valence electrons. The lowest BCUT2D eigenvalue weighted by molar-refractivity contribution is -0.150. The van der Waals surface area contributed by atoms with Crippen LogP contribution >= 0.6 is 11.3 Å². The van der Waals surface area contributed by atoms with Crippen LogP contribution in [0.15, 0.2) is 5.38 Å². The summed E-state index contributed by atoms with van der Waals surface area (Å²) in [6, 6.07) is -0.975. The lowest BCUT2D eigenvalue weighted by atomic mass is 10.2. The molecular formula is C11H16N2O3S. The average Bonchev–Trinajstić information content (AvgIpc) is 2.63. The number of thiazole rings is 1. The maximum atomic E-state index is 11.5. The molecule has 1 N–H and O–H groups in total. The van der Waals surface area contributed by atoms with Crippen LogP contribution < -0.4 is 0 Å². The lowest BCUT2D eigenvalue weighted by Gasteiger charge is -2.26. The van der Waals surface area contributed by atoms with Gasteiger partial charge in [-0.15, -0.1) is 11.3 Å². The van der Waals surface area contributed by atoms with Gasteiger partial charge < -0.3 is 10.0 Å². The molecule has 1 aromatic rings. The van der Waals surface area contributed by atoms with Crippen LogP contribution in [0.2, 0.25) is 0 Å². The largest absolute Gasteiger partial charge is 0.479 e. The highest BCUT2D eigenvalue weighted by atomic mass is 32.1. The molecule has 0 bridgehead atoms. The number of aliphatic carboxylic acids is 1. The van der Waals surface area contributed by atoms with Gasteiger partial charge in [0.1, 0.15) is 0 Å². The average molecular weight is 256 g/mol. The van der Waals surface area contributed by atoms with Crippen LogP contribution in [0.3, 0.4) is 0 Å². The summed E-state index contributed by atoms with van der Waals surface area (Å²) in [7, 11) is 0. The van der Waals surface area contributed by atoms with Gasteiger partial charge in [0.15, 0.2) is 6.04 Å². The first-order chi connectivity index (χ1) is 7.97. The Morgan fingerprint density at radius 1 is 1.59 bits per heavy atom. The van der Waals surface area contributed by atoms with Gasteiger partial charge in [0.05, 0.1) is 10.7 Å². The van der Waals surface area contributed by atoms with E-state index in [0.29, 0.717) is 18.7 Å². The molecule has 0 aliphatic heterocycles. The van der Waals surface area contributed by atoms with E-state index in [1.54, 1.807) is 5.38 Å². The molecule has 1 heterocycles. The molecule has 1 rings (SSSR count). The van der Waals surface area contributed by atoms with Gasteiger partial charge in [0, 0.05) is 18.8 Å². The van der Waals surface area contributed by atoms with Crippen molar-refractivity contribution in [3.05, 3.63) is 16.1 Å². The van der Waals surface area contributed by atoms with Crippen LogP contribution in [0.5, 0.6) is 0 Å². The van der Waals surface area contributed by atoms with Gasteiger partial charge in [-0.05, 0) is 13.3 Å². The van der Waals surface area contributed by atoms with Gasteiger partial charge in [0.25, 0.3) is 0 Å². The quantitative estimate of drug-likeness (QED) is 0.872. The summed E-state index contributed by atoms with van der Waals surface area (Å²) in [5, 5.41) is 11.7. The van der Waals surface area contributed by atoms with Crippen molar-refractivity contribution >= 4 is 23.2 Å². The second kappa shape index (κ2) is 5.77. The SMILES string of the molecule is CCCN(C(C)=O)C(C(=O)O)c1csc(C)n1. The maximum Gasteiger partial charge on any atom is 0.332 e. The molecule has 17 heavy (non-hydrogen) atoms. The van der Waals surface area contributed by atoms with Gasteiger partial charge in [-0.1, -0.05) is 6.92 Å². The summed E-state index contributed by atoms with van der Waals surface area (Å²) >= 11 is 1.38.